The van der Waals surface area contributed by atoms with Gasteiger partial charge in [-0.05, 0) is 31.4 Å². The highest BCUT2D eigenvalue weighted by Gasteiger charge is 2.09. The number of benzene rings is 1. The normalized spacial score (nSPS) is 14.4. The summed E-state index contributed by atoms with van der Waals surface area (Å²) in [5.74, 6) is 0. The highest BCUT2D eigenvalue weighted by atomic mass is 16.5. The van der Waals surface area contributed by atoms with Gasteiger partial charge in [-0.1, -0.05) is 31.2 Å². The quantitative estimate of drug-likeness (QED) is 0.772. The van der Waals surface area contributed by atoms with Crippen molar-refractivity contribution in [3.8, 4) is 0 Å². The summed E-state index contributed by atoms with van der Waals surface area (Å²) in [6.07, 6.45) is 1.14. The highest BCUT2D eigenvalue weighted by Crippen LogP contribution is 2.13. The van der Waals surface area contributed by atoms with Gasteiger partial charge in [-0.3, -0.25) is 0 Å². The second-order valence-electron chi connectivity index (χ2n) is 4.51. The molecule has 0 heterocycles. The van der Waals surface area contributed by atoms with Gasteiger partial charge in [-0.2, -0.15) is 0 Å². The summed E-state index contributed by atoms with van der Waals surface area (Å²) in [5.41, 5.74) is 8.55. The molecule has 0 bridgehead atoms. The fourth-order valence-electron chi connectivity index (χ4n) is 1.70. The Bertz CT molecular complexity index is 324. The zero-order valence-corrected chi connectivity index (χ0v) is 11.7. The third-order valence-corrected chi connectivity index (χ3v) is 2.93. The SMILES string of the molecule is CCOCC(C)OCC(N)c1ccc(CC)cc1. The fourth-order valence-corrected chi connectivity index (χ4v) is 1.70. The molecule has 0 saturated carbocycles. The molecule has 3 heteroatoms. The van der Waals surface area contributed by atoms with Gasteiger partial charge in [0.2, 0.25) is 0 Å². The predicted octanol–water partition coefficient (Wildman–Crippen LogP) is 2.69. The zero-order valence-electron chi connectivity index (χ0n) is 11.7. The number of rotatable bonds is 8. The number of hydrogen-bond donors (Lipinski definition) is 1. The Kier molecular flexibility index (Phi) is 6.94. The first kappa shape index (κ1) is 15.2. The van der Waals surface area contributed by atoms with E-state index in [1.54, 1.807) is 0 Å². The van der Waals surface area contributed by atoms with Crippen molar-refractivity contribution >= 4 is 0 Å². The van der Waals surface area contributed by atoms with Crippen LogP contribution in [0.4, 0.5) is 0 Å². The second kappa shape index (κ2) is 8.25. The van der Waals surface area contributed by atoms with Gasteiger partial charge in [0, 0.05) is 6.61 Å². The van der Waals surface area contributed by atoms with Gasteiger partial charge in [0.05, 0.1) is 25.4 Å². The van der Waals surface area contributed by atoms with Crippen molar-refractivity contribution in [3.63, 3.8) is 0 Å². The average molecular weight is 251 g/mol. The Morgan fingerprint density at radius 3 is 2.33 bits per heavy atom. The molecule has 0 aromatic heterocycles. The molecule has 1 aromatic rings. The topological polar surface area (TPSA) is 44.5 Å². The fraction of sp³-hybridized carbons (Fsp3) is 0.600. The van der Waals surface area contributed by atoms with E-state index in [9.17, 15) is 0 Å². The van der Waals surface area contributed by atoms with E-state index in [4.69, 9.17) is 15.2 Å². The lowest BCUT2D eigenvalue weighted by Gasteiger charge is -2.17. The zero-order chi connectivity index (χ0) is 13.4. The van der Waals surface area contributed by atoms with Crippen molar-refractivity contribution in [2.75, 3.05) is 19.8 Å². The molecule has 2 unspecified atom stereocenters. The maximum Gasteiger partial charge on any atom is 0.0781 e. The molecule has 3 nitrogen and oxygen atoms in total. The van der Waals surface area contributed by atoms with Crippen LogP contribution in [0.15, 0.2) is 24.3 Å². The largest absolute Gasteiger partial charge is 0.379 e. The molecular formula is C15H25NO2. The molecule has 2 N–H and O–H groups in total. The van der Waals surface area contributed by atoms with Crippen LogP contribution in [0.3, 0.4) is 0 Å². The summed E-state index contributed by atoms with van der Waals surface area (Å²) in [4.78, 5) is 0. The molecule has 0 spiro atoms. The summed E-state index contributed by atoms with van der Waals surface area (Å²) < 4.78 is 11.0. The molecule has 0 radical (unpaired) electrons. The van der Waals surface area contributed by atoms with E-state index in [1.165, 1.54) is 5.56 Å². The molecule has 0 amide bonds. The molecule has 1 aromatic carbocycles. The number of nitrogens with two attached hydrogens (primary N) is 1. The van der Waals surface area contributed by atoms with Crippen molar-refractivity contribution < 1.29 is 9.47 Å². The Balaban J connectivity index is 2.37. The molecular weight excluding hydrogens is 226 g/mol. The van der Waals surface area contributed by atoms with Crippen molar-refractivity contribution in [3.05, 3.63) is 35.4 Å². The minimum atomic E-state index is -0.0695. The van der Waals surface area contributed by atoms with Crippen LogP contribution in [-0.2, 0) is 15.9 Å². The molecule has 2 atom stereocenters. The molecule has 0 aliphatic carbocycles. The second-order valence-corrected chi connectivity index (χ2v) is 4.51. The van der Waals surface area contributed by atoms with E-state index < -0.39 is 0 Å². The lowest BCUT2D eigenvalue weighted by atomic mass is 10.1. The van der Waals surface area contributed by atoms with Gasteiger partial charge < -0.3 is 15.2 Å². The van der Waals surface area contributed by atoms with Gasteiger partial charge in [-0.15, -0.1) is 0 Å². The average Bonchev–Trinajstić information content (AvgIpc) is 2.42. The molecule has 0 aliphatic heterocycles. The lowest BCUT2D eigenvalue weighted by Crippen LogP contribution is -2.23. The first-order valence-corrected chi connectivity index (χ1v) is 6.71. The Morgan fingerprint density at radius 1 is 1.11 bits per heavy atom. The van der Waals surface area contributed by atoms with E-state index in [-0.39, 0.29) is 12.1 Å². The van der Waals surface area contributed by atoms with Gasteiger partial charge in [0.25, 0.3) is 0 Å². The molecule has 18 heavy (non-hydrogen) atoms. The van der Waals surface area contributed by atoms with E-state index in [1.807, 2.05) is 13.8 Å². The molecule has 0 fully saturated rings. The Labute approximate surface area is 110 Å². The maximum absolute atomic E-state index is 6.10. The van der Waals surface area contributed by atoms with Crippen LogP contribution in [0.25, 0.3) is 0 Å². The Morgan fingerprint density at radius 2 is 1.78 bits per heavy atom. The van der Waals surface area contributed by atoms with Crippen LogP contribution in [0.2, 0.25) is 0 Å². The number of hydrogen-bond acceptors (Lipinski definition) is 3. The van der Waals surface area contributed by atoms with Crippen LogP contribution >= 0.6 is 0 Å². The van der Waals surface area contributed by atoms with E-state index in [0.29, 0.717) is 13.2 Å². The minimum Gasteiger partial charge on any atom is -0.379 e. The monoisotopic (exact) mass is 251 g/mol. The van der Waals surface area contributed by atoms with Crippen LogP contribution in [0.1, 0.15) is 37.9 Å². The van der Waals surface area contributed by atoms with Crippen molar-refractivity contribution in [2.45, 2.75) is 39.3 Å². The molecule has 1 rings (SSSR count). The highest BCUT2D eigenvalue weighted by molar-refractivity contribution is 5.24. The summed E-state index contributed by atoms with van der Waals surface area (Å²) in [5, 5.41) is 0. The van der Waals surface area contributed by atoms with Gasteiger partial charge in [0.15, 0.2) is 0 Å². The van der Waals surface area contributed by atoms with Gasteiger partial charge in [0.1, 0.15) is 0 Å². The lowest BCUT2D eigenvalue weighted by molar-refractivity contribution is -0.00835. The minimum absolute atomic E-state index is 0.0695. The third-order valence-electron chi connectivity index (χ3n) is 2.93. The first-order valence-electron chi connectivity index (χ1n) is 6.71. The standard InChI is InChI=1S/C15H25NO2/c1-4-13-6-8-14(9-7-13)15(16)11-18-12(3)10-17-5-2/h6-9,12,15H,4-5,10-11,16H2,1-3H3. The van der Waals surface area contributed by atoms with E-state index >= 15 is 0 Å². The summed E-state index contributed by atoms with van der Waals surface area (Å²) in [6, 6.07) is 8.34. The van der Waals surface area contributed by atoms with E-state index in [0.717, 1.165) is 18.6 Å². The van der Waals surface area contributed by atoms with Crippen molar-refractivity contribution in [1.29, 1.82) is 0 Å². The van der Waals surface area contributed by atoms with Crippen molar-refractivity contribution in [2.24, 2.45) is 5.73 Å². The van der Waals surface area contributed by atoms with Gasteiger partial charge >= 0.3 is 0 Å². The maximum atomic E-state index is 6.10. The van der Waals surface area contributed by atoms with Crippen LogP contribution < -0.4 is 5.73 Å². The number of ether oxygens (including phenoxy) is 2. The predicted molar refractivity (Wildman–Crippen MR) is 74.7 cm³/mol. The van der Waals surface area contributed by atoms with E-state index in [2.05, 4.69) is 31.2 Å². The summed E-state index contributed by atoms with van der Waals surface area (Å²) in [7, 11) is 0. The molecule has 0 aliphatic rings. The van der Waals surface area contributed by atoms with Crippen molar-refractivity contribution in [1.82, 2.24) is 0 Å². The van der Waals surface area contributed by atoms with Crippen LogP contribution in [-0.4, -0.2) is 25.9 Å². The number of aryl methyl sites for hydroxylation is 1. The van der Waals surface area contributed by atoms with Crippen LogP contribution in [0.5, 0.6) is 0 Å². The third kappa shape index (κ3) is 5.17. The van der Waals surface area contributed by atoms with Crippen LogP contribution in [0, 0.1) is 0 Å². The summed E-state index contributed by atoms with van der Waals surface area (Å²) >= 11 is 0. The molecule has 102 valence electrons. The summed E-state index contributed by atoms with van der Waals surface area (Å²) in [6.45, 7) is 8.00. The molecule has 0 saturated heterocycles. The van der Waals surface area contributed by atoms with Gasteiger partial charge in [-0.25, -0.2) is 0 Å². The first-order chi connectivity index (χ1) is 8.67. The smallest absolute Gasteiger partial charge is 0.0781 e. The Hall–Kier alpha value is -0.900.